The molecular weight excluding hydrogens is 277 g/mol. The minimum Gasteiger partial charge on any atom is -0.355 e. The van der Waals surface area contributed by atoms with Crippen LogP contribution in [0.4, 0.5) is 5.82 Å². The molecule has 0 aromatic carbocycles. The second-order valence-electron chi connectivity index (χ2n) is 3.80. The molecule has 1 saturated heterocycles. The van der Waals surface area contributed by atoms with Gasteiger partial charge < -0.3 is 10.6 Å². The van der Waals surface area contributed by atoms with E-state index in [1.54, 1.807) is 6.20 Å². The van der Waals surface area contributed by atoms with Crippen LogP contribution in [-0.4, -0.2) is 24.6 Å². The van der Waals surface area contributed by atoms with Crippen LogP contribution < -0.4 is 10.6 Å². The molecule has 1 aliphatic heterocycles. The second-order valence-corrected chi connectivity index (χ2v) is 5.09. The van der Waals surface area contributed by atoms with Gasteiger partial charge in [-0.2, -0.15) is 0 Å². The maximum Gasteiger partial charge on any atom is 0.142 e. The molecular formula is C10H13BrClN3. The fraction of sp³-hybridized carbons (Fsp3) is 0.500. The third-order valence-corrected chi connectivity index (χ3v) is 3.50. The third-order valence-electron chi connectivity index (χ3n) is 2.71. The third kappa shape index (κ3) is 2.44. The normalized spacial score (nSPS) is 21.0. The molecule has 0 spiro atoms. The minimum absolute atomic E-state index is 0.592. The van der Waals surface area contributed by atoms with E-state index in [9.17, 15) is 0 Å². The molecule has 3 nitrogen and oxygen atoms in total. The van der Waals surface area contributed by atoms with E-state index >= 15 is 0 Å². The first-order chi connectivity index (χ1) is 7.20. The van der Waals surface area contributed by atoms with Crippen LogP contribution in [0.3, 0.4) is 0 Å². The Morgan fingerprint density at radius 3 is 3.07 bits per heavy atom. The van der Waals surface area contributed by atoms with E-state index in [1.807, 2.05) is 6.07 Å². The first-order valence-corrected chi connectivity index (χ1v) is 6.14. The Labute approximate surface area is 103 Å². The zero-order valence-corrected chi connectivity index (χ0v) is 10.6. The van der Waals surface area contributed by atoms with E-state index in [4.69, 9.17) is 17.3 Å². The van der Waals surface area contributed by atoms with Crippen LogP contribution in [0.15, 0.2) is 16.7 Å². The van der Waals surface area contributed by atoms with Crippen molar-refractivity contribution in [3.8, 4) is 0 Å². The predicted octanol–water partition coefficient (Wildman–Crippen LogP) is 2.28. The van der Waals surface area contributed by atoms with Crippen molar-refractivity contribution in [3.05, 3.63) is 21.8 Å². The van der Waals surface area contributed by atoms with E-state index in [0.29, 0.717) is 10.9 Å². The number of halogens is 2. The van der Waals surface area contributed by atoms with Crippen molar-refractivity contribution in [1.29, 1.82) is 0 Å². The number of rotatable bonds is 2. The van der Waals surface area contributed by atoms with Crippen LogP contribution in [0.2, 0.25) is 5.02 Å². The summed E-state index contributed by atoms with van der Waals surface area (Å²) in [6.45, 7) is 2.76. The standard InChI is InChI=1S/C10H13BrClN3/c11-9-3-8(12)5-14-10(9)15-2-1-7(4-13)6-15/h3,5,7H,1-2,4,6,13H2. The SMILES string of the molecule is NCC1CCN(c2ncc(Cl)cc2Br)C1. The summed E-state index contributed by atoms with van der Waals surface area (Å²) in [6.07, 6.45) is 2.82. The van der Waals surface area contributed by atoms with Gasteiger partial charge in [-0.1, -0.05) is 11.6 Å². The lowest BCUT2D eigenvalue weighted by atomic mass is 10.1. The molecule has 1 aliphatic rings. The van der Waals surface area contributed by atoms with Gasteiger partial charge in [-0.15, -0.1) is 0 Å². The molecule has 0 aliphatic carbocycles. The molecule has 2 heterocycles. The number of anilines is 1. The Bertz CT molecular complexity index is 359. The van der Waals surface area contributed by atoms with E-state index in [0.717, 1.165) is 36.3 Å². The molecule has 5 heteroatoms. The predicted molar refractivity (Wildman–Crippen MR) is 66.3 cm³/mol. The second kappa shape index (κ2) is 4.68. The maximum absolute atomic E-state index is 5.85. The summed E-state index contributed by atoms with van der Waals surface area (Å²) in [4.78, 5) is 6.58. The Morgan fingerprint density at radius 1 is 1.67 bits per heavy atom. The number of pyridine rings is 1. The number of aromatic nitrogens is 1. The van der Waals surface area contributed by atoms with E-state index in [-0.39, 0.29) is 0 Å². The van der Waals surface area contributed by atoms with Gasteiger partial charge in [0, 0.05) is 19.3 Å². The van der Waals surface area contributed by atoms with Gasteiger partial charge in [0.1, 0.15) is 5.82 Å². The van der Waals surface area contributed by atoms with Crippen LogP contribution in [0.1, 0.15) is 6.42 Å². The average molecular weight is 291 g/mol. The van der Waals surface area contributed by atoms with Gasteiger partial charge in [0.15, 0.2) is 0 Å². The quantitative estimate of drug-likeness (QED) is 0.908. The summed E-state index contributed by atoms with van der Waals surface area (Å²) in [5.41, 5.74) is 5.66. The first-order valence-electron chi connectivity index (χ1n) is 4.96. The van der Waals surface area contributed by atoms with Crippen molar-refractivity contribution in [3.63, 3.8) is 0 Å². The summed E-state index contributed by atoms with van der Waals surface area (Å²) in [5, 5.41) is 0.653. The van der Waals surface area contributed by atoms with Crippen molar-refractivity contribution in [1.82, 2.24) is 4.98 Å². The maximum atomic E-state index is 5.85. The highest BCUT2D eigenvalue weighted by Gasteiger charge is 2.23. The molecule has 1 unspecified atom stereocenters. The number of hydrogen-bond donors (Lipinski definition) is 1. The summed E-state index contributed by atoms with van der Waals surface area (Å²) in [6, 6.07) is 1.87. The van der Waals surface area contributed by atoms with Gasteiger partial charge in [-0.3, -0.25) is 0 Å². The summed E-state index contributed by atoms with van der Waals surface area (Å²) in [7, 11) is 0. The number of nitrogens with zero attached hydrogens (tertiary/aromatic N) is 2. The molecule has 1 aromatic heterocycles. The average Bonchev–Trinajstić information content (AvgIpc) is 2.66. The number of hydrogen-bond acceptors (Lipinski definition) is 3. The molecule has 0 amide bonds. The Morgan fingerprint density at radius 2 is 2.47 bits per heavy atom. The van der Waals surface area contributed by atoms with E-state index in [1.165, 1.54) is 0 Å². The lowest BCUT2D eigenvalue weighted by Gasteiger charge is -2.18. The molecule has 1 atom stereocenters. The Balaban J connectivity index is 2.17. The topological polar surface area (TPSA) is 42.1 Å². The van der Waals surface area contributed by atoms with Crippen molar-refractivity contribution < 1.29 is 0 Å². The van der Waals surface area contributed by atoms with E-state index < -0.39 is 0 Å². The van der Waals surface area contributed by atoms with Gasteiger partial charge >= 0.3 is 0 Å². The molecule has 1 aromatic rings. The minimum atomic E-state index is 0.592. The molecule has 2 rings (SSSR count). The summed E-state index contributed by atoms with van der Waals surface area (Å²) >= 11 is 9.33. The van der Waals surface area contributed by atoms with Crippen LogP contribution in [0.25, 0.3) is 0 Å². The monoisotopic (exact) mass is 289 g/mol. The van der Waals surface area contributed by atoms with Crippen LogP contribution in [0, 0.1) is 5.92 Å². The Kier molecular flexibility index (Phi) is 3.49. The molecule has 2 N–H and O–H groups in total. The van der Waals surface area contributed by atoms with Gasteiger partial charge in [0.25, 0.3) is 0 Å². The van der Waals surface area contributed by atoms with Crippen LogP contribution >= 0.6 is 27.5 Å². The van der Waals surface area contributed by atoms with Crippen molar-refractivity contribution >= 4 is 33.3 Å². The lowest BCUT2D eigenvalue weighted by molar-refractivity contribution is 0.602. The van der Waals surface area contributed by atoms with Crippen LogP contribution in [-0.2, 0) is 0 Å². The van der Waals surface area contributed by atoms with E-state index in [2.05, 4.69) is 25.8 Å². The zero-order chi connectivity index (χ0) is 10.8. The zero-order valence-electron chi connectivity index (χ0n) is 8.29. The van der Waals surface area contributed by atoms with Crippen LogP contribution in [0.5, 0.6) is 0 Å². The van der Waals surface area contributed by atoms with Crippen molar-refractivity contribution in [2.45, 2.75) is 6.42 Å². The lowest BCUT2D eigenvalue weighted by Crippen LogP contribution is -2.23. The fourth-order valence-electron chi connectivity index (χ4n) is 1.86. The molecule has 0 radical (unpaired) electrons. The highest BCUT2D eigenvalue weighted by Crippen LogP contribution is 2.30. The largest absolute Gasteiger partial charge is 0.355 e. The van der Waals surface area contributed by atoms with Crippen molar-refractivity contribution in [2.75, 3.05) is 24.5 Å². The molecule has 0 saturated carbocycles. The molecule has 15 heavy (non-hydrogen) atoms. The summed E-state index contributed by atoms with van der Waals surface area (Å²) in [5.74, 6) is 1.56. The van der Waals surface area contributed by atoms with Gasteiger partial charge in [-0.25, -0.2) is 4.98 Å². The Hall–Kier alpha value is -0.320. The highest BCUT2D eigenvalue weighted by atomic mass is 79.9. The summed E-state index contributed by atoms with van der Waals surface area (Å²) < 4.78 is 0.952. The van der Waals surface area contributed by atoms with Gasteiger partial charge in [0.2, 0.25) is 0 Å². The highest BCUT2D eigenvalue weighted by molar-refractivity contribution is 9.10. The van der Waals surface area contributed by atoms with Gasteiger partial charge in [-0.05, 0) is 40.9 Å². The van der Waals surface area contributed by atoms with Crippen molar-refractivity contribution in [2.24, 2.45) is 11.7 Å². The molecule has 82 valence electrons. The number of nitrogens with two attached hydrogens (primary N) is 1. The molecule has 1 fully saturated rings. The molecule has 0 bridgehead atoms. The fourth-order valence-corrected chi connectivity index (χ4v) is 2.75. The van der Waals surface area contributed by atoms with Gasteiger partial charge in [0.05, 0.1) is 9.50 Å². The first kappa shape index (κ1) is 11.2. The smallest absolute Gasteiger partial charge is 0.142 e.